The molecule has 21 heavy (non-hydrogen) atoms. The second kappa shape index (κ2) is 5.34. The summed E-state index contributed by atoms with van der Waals surface area (Å²) in [6, 6.07) is 9.71. The molecule has 0 spiro atoms. The zero-order chi connectivity index (χ0) is 14.2. The van der Waals surface area contributed by atoms with Gasteiger partial charge in [-0.2, -0.15) is 0 Å². The summed E-state index contributed by atoms with van der Waals surface area (Å²) in [4.78, 5) is 7.48. The molecule has 3 heterocycles. The highest BCUT2D eigenvalue weighted by molar-refractivity contribution is 5.78. The fourth-order valence-corrected chi connectivity index (χ4v) is 4.05. The van der Waals surface area contributed by atoms with Gasteiger partial charge in [-0.25, -0.2) is 4.98 Å². The average molecular weight is 284 g/mol. The quantitative estimate of drug-likeness (QED) is 0.920. The number of imidazole rings is 1. The Morgan fingerprint density at radius 1 is 1.14 bits per heavy atom. The maximum Gasteiger partial charge on any atom is 0.206 e. The minimum atomic E-state index is 0.608. The molecule has 2 aliphatic rings. The zero-order valence-electron chi connectivity index (χ0n) is 12.8. The van der Waals surface area contributed by atoms with Crippen LogP contribution in [0.25, 0.3) is 11.0 Å². The van der Waals surface area contributed by atoms with Gasteiger partial charge in [0.1, 0.15) is 0 Å². The van der Waals surface area contributed by atoms with Crippen molar-refractivity contribution in [3.05, 3.63) is 24.3 Å². The monoisotopic (exact) mass is 284 g/mol. The predicted molar refractivity (Wildman–Crippen MR) is 86.7 cm³/mol. The number of aromatic nitrogens is 2. The molecule has 0 saturated carbocycles. The first-order chi connectivity index (χ1) is 10.3. The largest absolute Gasteiger partial charge is 0.338 e. The third-order valence-corrected chi connectivity index (χ3v) is 5.13. The second-order valence-corrected chi connectivity index (χ2v) is 6.42. The SMILES string of the molecule is Cn1c(N2CCCCC2C2CCCN2)nc2ccccc21. The Labute approximate surface area is 126 Å². The Balaban J connectivity index is 1.72. The Kier molecular flexibility index (Phi) is 3.34. The van der Waals surface area contributed by atoms with Crippen LogP contribution in [-0.4, -0.2) is 34.7 Å². The van der Waals surface area contributed by atoms with E-state index >= 15 is 0 Å². The van der Waals surface area contributed by atoms with Crippen molar-refractivity contribution in [2.45, 2.75) is 44.2 Å². The molecular formula is C17H24N4. The van der Waals surface area contributed by atoms with Crippen molar-refractivity contribution in [3.63, 3.8) is 0 Å². The maximum atomic E-state index is 4.92. The van der Waals surface area contributed by atoms with E-state index < -0.39 is 0 Å². The smallest absolute Gasteiger partial charge is 0.206 e. The normalized spacial score (nSPS) is 26.6. The van der Waals surface area contributed by atoms with E-state index in [1.165, 1.54) is 44.2 Å². The molecule has 1 aromatic carbocycles. The van der Waals surface area contributed by atoms with Crippen molar-refractivity contribution in [2.24, 2.45) is 7.05 Å². The van der Waals surface area contributed by atoms with E-state index in [1.54, 1.807) is 0 Å². The van der Waals surface area contributed by atoms with Gasteiger partial charge in [-0.3, -0.25) is 0 Å². The molecule has 2 fully saturated rings. The molecule has 0 aliphatic carbocycles. The van der Waals surface area contributed by atoms with E-state index in [2.05, 4.69) is 46.1 Å². The van der Waals surface area contributed by atoms with Gasteiger partial charge in [-0.1, -0.05) is 12.1 Å². The van der Waals surface area contributed by atoms with E-state index in [1.807, 2.05) is 0 Å². The number of fused-ring (bicyclic) bond motifs is 1. The standard InChI is InChI=1S/C17H24N4/c1-20-15-9-3-2-7-14(15)19-17(20)21-12-5-4-10-16(21)13-8-6-11-18-13/h2-3,7,9,13,16,18H,4-6,8,10-12H2,1H3. The summed E-state index contributed by atoms with van der Waals surface area (Å²) in [7, 11) is 2.15. The van der Waals surface area contributed by atoms with E-state index in [0.29, 0.717) is 12.1 Å². The lowest BCUT2D eigenvalue weighted by molar-refractivity contribution is 0.372. The number of hydrogen-bond acceptors (Lipinski definition) is 3. The minimum absolute atomic E-state index is 0.608. The van der Waals surface area contributed by atoms with Crippen LogP contribution in [0.1, 0.15) is 32.1 Å². The van der Waals surface area contributed by atoms with Crippen LogP contribution < -0.4 is 10.2 Å². The van der Waals surface area contributed by atoms with E-state index in [0.717, 1.165) is 18.0 Å². The average Bonchev–Trinajstić information content (AvgIpc) is 3.16. The van der Waals surface area contributed by atoms with Gasteiger partial charge in [0.15, 0.2) is 0 Å². The number of hydrogen-bond donors (Lipinski definition) is 1. The summed E-state index contributed by atoms with van der Waals surface area (Å²) in [6.45, 7) is 2.32. The van der Waals surface area contributed by atoms with Crippen molar-refractivity contribution in [2.75, 3.05) is 18.0 Å². The Morgan fingerprint density at radius 3 is 2.86 bits per heavy atom. The molecular weight excluding hydrogens is 260 g/mol. The maximum absolute atomic E-state index is 4.92. The van der Waals surface area contributed by atoms with Crippen LogP contribution in [0.4, 0.5) is 5.95 Å². The Bertz CT molecular complexity index is 627. The molecule has 2 saturated heterocycles. The summed E-state index contributed by atoms with van der Waals surface area (Å²) < 4.78 is 2.27. The number of rotatable bonds is 2. The molecule has 4 rings (SSSR count). The summed E-state index contributed by atoms with van der Waals surface area (Å²) in [5.74, 6) is 1.15. The van der Waals surface area contributed by atoms with Crippen molar-refractivity contribution in [1.82, 2.24) is 14.9 Å². The van der Waals surface area contributed by atoms with E-state index in [9.17, 15) is 0 Å². The number of anilines is 1. The fourth-order valence-electron chi connectivity index (χ4n) is 4.05. The van der Waals surface area contributed by atoms with Gasteiger partial charge in [0.25, 0.3) is 0 Å². The van der Waals surface area contributed by atoms with Crippen molar-refractivity contribution in [1.29, 1.82) is 0 Å². The lowest BCUT2D eigenvalue weighted by Crippen LogP contribution is -2.51. The van der Waals surface area contributed by atoms with Crippen LogP contribution in [0.15, 0.2) is 24.3 Å². The molecule has 2 aromatic rings. The second-order valence-electron chi connectivity index (χ2n) is 6.42. The summed E-state index contributed by atoms with van der Waals surface area (Å²) in [5.41, 5.74) is 2.34. The van der Waals surface area contributed by atoms with Crippen molar-refractivity contribution < 1.29 is 0 Å². The van der Waals surface area contributed by atoms with Gasteiger partial charge >= 0.3 is 0 Å². The summed E-state index contributed by atoms with van der Waals surface area (Å²) in [5, 5.41) is 3.70. The highest BCUT2D eigenvalue weighted by Gasteiger charge is 2.33. The van der Waals surface area contributed by atoms with Crippen LogP contribution in [0.3, 0.4) is 0 Å². The molecule has 2 atom stereocenters. The highest BCUT2D eigenvalue weighted by Crippen LogP contribution is 2.30. The van der Waals surface area contributed by atoms with Gasteiger partial charge in [-0.05, 0) is 50.8 Å². The summed E-state index contributed by atoms with van der Waals surface area (Å²) in [6.07, 6.45) is 6.55. The molecule has 0 amide bonds. The number of nitrogens with zero attached hydrogens (tertiary/aromatic N) is 3. The van der Waals surface area contributed by atoms with Crippen molar-refractivity contribution >= 4 is 17.0 Å². The molecule has 4 heteroatoms. The molecule has 0 bridgehead atoms. The highest BCUT2D eigenvalue weighted by atomic mass is 15.3. The lowest BCUT2D eigenvalue weighted by atomic mass is 9.95. The zero-order valence-corrected chi connectivity index (χ0v) is 12.8. The van der Waals surface area contributed by atoms with Gasteiger partial charge < -0.3 is 14.8 Å². The predicted octanol–water partition coefficient (Wildman–Crippen LogP) is 2.68. The van der Waals surface area contributed by atoms with E-state index in [4.69, 9.17) is 4.98 Å². The first kappa shape index (κ1) is 13.1. The fraction of sp³-hybridized carbons (Fsp3) is 0.588. The number of benzene rings is 1. The summed E-state index contributed by atoms with van der Waals surface area (Å²) >= 11 is 0. The minimum Gasteiger partial charge on any atom is -0.338 e. The number of aryl methyl sites for hydroxylation is 1. The van der Waals surface area contributed by atoms with Crippen LogP contribution in [0, 0.1) is 0 Å². The molecule has 1 N–H and O–H groups in total. The first-order valence-electron chi connectivity index (χ1n) is 8.26. The van der Waals surface area contributed by atoms with Crippen LogP contribution in [-0.2, 0) is 7.05 Å². The molecule has 1 aromatic heterocycles. The Morgan fingerprint density at radius 2 is 2.05 bits per heavy atom. The first-order valence-corrected chi connectivity index (χ1v) is 8.26. The van der Waals surface area contributed by atoms with Gasteiger partial charge in [-0.15, -0.1) is 0 Å². The Hall–Kier alpha value is -1.55. The molecule has 112 valence electrons. The molecule has 2 aliphatic heterocycles. The number of para-hydroxylation sites is 2. The topological polar surface area (TPSA) is 33.1 Å². The number of nitrogens with one attached hydrogen (secondary N) is 1. The van der Waals surface area contributed by atoms with Gasteiger partial charge in [0.2, 0.25) is 5.95 Å². The third-order valence-electron chi connectivity index (χ3n) is 5.13. The molecule has 0 radical (unpaired) electrons. The molecule has 2 unspecified atom stereocenters. The number of piperidine rings is 1. The van der Waals surface area contributed by atoms with Gasteiger partial charge in [0, 0.05) is 25.7 Å². The lowest BCUT2D eigenvalue weighted by Gasteiger charge is -2.39. The van der Waals surface area contributed by atoms with Gasteiger partial charge in [0.05, 0.1) is 11.0 Å². The van der Waals surface area contributed by atoms with Crippen LogP contribution in [0.5, 0.6) is 0 Å². The van der Waals surface area contributed by atoms with Crippen molar-refractivity contribution in [3.8, 4) is 0 Å². The van der Waals surface area contributed by atoms with Crippen LogP contribution in [0.2, 0.25) is 0 Å². The van der Waals surface area contributed by atoms with E-state index in [-0.39, 0.29) is 0 Å². The third kappa shape index (κ3) is 2.22. The molecule has 4 nitrogen and oxygen atoms in total. The van der Waals surface area contributed by atoms with Crippen LogP contribution >= 0.6 is 0 Å².